The number of nitrogens with zero attached hydrogens (tertiary/aromatic N) is 1. The van der Waals surface area contributed by atoms with Gasteiger partial charge in [-0.2, -0.15) is 0 Å². The number of hydrogen-bond acceptors (Lipinski definition) is 4. The van der Waals surface area contributed by atoms with Crippen LogP contribution >= 0.6 is 11.6 Å². The van der Waals surface area contributed by atoms with Crippen LogP contribution in [0.3, 0.4) is 0 Å². The number of benzene rings is 2. The maximum Gasteiger partial charge on any atom is 0.233 e. The zero-order valence-electron chi connectivity index (χ0n) is 21.5. The number of halogens is 1. The van der Waals surface area contributed by atoms with Crippen LogP contribution in [0.5, 0.6) is 5.75 Å². The number of amides is 2. The quantitative estimate of drug-likeness (QED) is 0.245. The molecule has 2 saturated heterocycles. The van der Waals surface area contributed by atoms with Crippen LogP contribution in [0.1, 0.15) is 57.1 Å². The molecule has 3 aliphatic rings. The maximum atomic E-state index is 13.3. The largest absolute Gasteiger partial charge is 0.508 e. The average molecular weight is 520 g/mol. The van der Waals surface area contributed by atoms with Crippen LogP contribution < -0.4 is 0 Å². The molecule has 5 nitrogen and oxygen atoms in total. The van der Waals surface area contributed by atoms with Crippen molar-refractivity contribution in [2.75, 3.05) is 13.2 Å². The number of phenols is 1. The van der Waals surface area contributed by atoms with E-state index in [0.29, 0.717) is 24.6 Å². The van der Waals surface area contributed by atoms with E-state index in [9.17, 15) is 14.7 Å². The Morgan fingerprint density at radius 2 is 1.89 bits per heavy atom. The third-order valence-electron chi connectivity index (χ3n) is 8.11. The number of likely N-dealkylation sites (tertiary alicyclic amines) is 1. The minimum Gasteiger partial charge on any atom is -0.508 e. The fourth-order valence-electron chi connectivity index (χ4n) is 6.38. The fraction of sp³-hybridized carbons (Fsp3) is 0.419. The Bertz CT molecular complexity index is 1250. The Morgan fingerprint density at radius 1 is 1.11 bits per heavy atom. The molecule has 0 unspecified atom stereocenters. The first kappa shape index (κ1) is 25.7. The molecule has 2 aromatic carbocycles. The molecule has 37 heavy (non-hydrogen) atoms. The van der Waals surface area contributed by atoms with E-state index in [1.54, 1.807) is 12.1 Å². The number of rotatable bonds is 8. The Kier molecular flexibility index (Phi) is 7.55. The highest BCUT2D eigenvalue weighted by molar-refractivity contribution is 6.32. The van der Waals surface area contributed by atoms with Crippen LogP contribution in [0.15, 0.2) is 59.7 Å². The predicted molar refractivity (Wildman–Crippen MR) is 146 cm³/mol. The summed E-state index contributed by atoms with van der Waals surface area (Å²) in [5.74, 6) is -0.389. The number of carbonyl (C=O) groups excluding carboxylic acids is 2. The number of carbonyl (C=O) groups is 2. The summed E-state index contributed by atoms with van der Waals surface area (Å²) in [5, 5.41) is 10.3. The number of ether oxygens (including phenoxy) is 1. The SMILES string of the molecule is CCCN1C(=O)[C@@H]2[C@@H](CC(CC)=C3[C@@H](CC/C(=C/c4ccc(O)cc4Cl)c4ccccc4)OC[C@@H]32)C1=O. The molecule has 5 rings (SSSR count). The number of fused-ring (bicyclic) bond motifs is 3. The second-order valence-electron chi connectivity index (χ2n) is 10.3. The number of hydrogen-bond donors (Lipinski definition) is 1. The van der Waals surface area contributed by atoms with Crippen LogP contribution in [0.2, 0.25) is 5.02 Å². The zero-order valence-corrected chi connectivity index (χ0v) is 22.2. The molecule has 2 aliphatic heterocycles. The summed E-state index contributed by atoms with van der Waals surface area (Å²) >= 11 is 6.43. The Morgan fingerprint density at radius 3 is 2.59 bits per heavy atom. The molecule has 4 atom stereocenters. The molecule has 1 aliphatic carbocycles. The summed E-state index contributed by atoms with van der Waals surface area (Å²) in [5.41, 5.74) is 5.65. The van der Waals surface area contributed by atoms with Gasteiger partial charge in [-0.15, -0.1) is 0 Å². The number of phenolic OH excluding ortho intramolecular Hbond substituents is 1. The van der Waals surface area contributed by atoms with Gasteiger partial charge in [0, 0.05) is 12.5 Å². The molecule has 0 aromatic heterocycles. The van der Waals surface area contributed by atoms with Gasteiger partial charge in [-0.05, 0) is 78.7 Å². The average Bonchev–Trinajstić information content (AvgIpc) is 3.42. The monoisotopic (exact) mass is 519 g/mol. The third kappa shape index (κ3) is 4.87. The number of aromatic hydroxyl groups is 1. The van der Waals surface area contributed by atoms with Crippen LogP contribution in [0.4, 0.5) is 0 Å². The summed E-state index contributed by atoms with van der Waals surface area (Å²) in [7, 11) is 0. The van der Waals surface area contributed by atoms with E-state index < -0.39 is 0 Å². The molecule has 0 spiro atoms. The molecule has 2 aromatic rings. The van der Waals surface area contributed by atoms with Gasteiger partial charge >= 0.3 is 0 Å². The maximum absolute atomic E-state index is 13.3. The first-order valence-corrected chi connectivity index (χ1v) is 13.7. The van der Waals surface area contributed by atoms with E-state index >= 15 is 0 Å². The van der Waals surface area contributed by atoms with Crippen molar-refractivity contribution in [1.29, 1.82) is 0 Å². The first-order valence-electron chi connectivity index (χ1n) is 13.4. The van der Waals surface area contributed by atoms with Crippen LogP contribution in [0.25, 0.3) is 11.6 Å². The van der Waals surface area contributed by atoms with E-state index in [-0.39, 0.29) is 41.4 Å². The summed E-state index contributed by atoms with van der Waals surface area (Å²) in [6.07, 6.45) is 5.88. The molecular formula is C31H34ClNO4. The number of imide groups is 1. The van der Waals surface area contributed by atoms with Crippen molar-refractivity contribution in [3.63, 3.8) is 0 Å². The molecule has 0 radical (unpaired) electrons. The lowest BCUT2D eigenvalue weighted by Crippen LogP contribution is -2.34. The van der Waals surface area contributed by atoms with E-state index in [1.165, 1.54) is 16.0 Å². The van der Waals surface area contributed by atoms with E-state index in [2.05, 4.69) is 25.1 Å². The van der Waals surface area contributed by atoms with Gasteiger partial charge in [-0.3, -0.25) is 14.5 Å². The normalized spacial score (nSPS) is 25.6. The van der Waals surface area contributed by atoms with Gasteiger partial charge in [-0.25, -0.2) is 0 Å². The van der Waals surface area contributed by atoms with Crippen molar-refractivity contribution in [3.05, 3.63) is 75.8 Å². The van der Waals surface area contributed by atoms with Crippen molar-refractivity contribution in [1.82, 2.24) is 4.90 Å². The highest BCUT2D eigenvalue weighted by Gasteiger charge is 2.56. The second-order valence-corrected chi connectivity index (χ2v) is 10.7. The Balaban J connectivity index is 1.41. The summed E-state index contributed by atoms with van der Waals surface area (Å²) in [6.45, 7) is 5.14. The molecule has 2 amide bonds. The van der Waals surface area contributed by atoms with Crippen molar-refractivity contribution < 1.29 is 19.4 Å². The van der Waals surface area contributed by atoms with Crippen LogP contribution in [0, 0.1) is 17.8 Å². The van der Waals surface area contributed by atoms with Gasteiger partial charge in [0.2, 0.25) is 11.8 Å². The first-order chi connectivity index (χ1) is 17.9. The summed E-state index contributed by atoms with van der Waals surface area (Å²) < 4.78 is 6.37. The van der Waals surface area contributed by atoms with Crippen molar-refractivity contribution in [2.24, 2.45) is 17.8 Å². The lowest BCUT2D eigenvalue weighted by atomic mass is 9.69. The minimum atomic E-state index is -0.283. The second kappa shape index (κ2) is 10.8. The van der Waals surface area contributed by atoms with Gasteiger partial charge < -0.3 is 9.84 Å². The topological polar surface area (TPSA) is 66.8 Å². The third-order valence-corrected chi connectivity index (χ3v) is 8.43. The van der Waals surface area contributed by atoms with Gasteiger partial charge in [-0.1, -0.05) is 61.4 Å². The molecule has 2 heterocycles. The molecule has 6 heteroatoms. The zero-order chi connectivity index (χ0) is 26.1. The predicted octanol–water partition coefficient (Wildman–Crippen LogP) is 6.50. The van der Waals surface area contributed by atoms with E-state index in [1.807, 2.05) is 31.2 Å². The summed E-state index contributed by atoms with van der Waals surface area (Å²) in [4.78, 5) is 27.9. The molecule has 0 bridgehead atoms. The van der Waals surface area contributed by atoms with E-state index in [0.717, 1.165) is 42.4 Å². The van der Waals surface area contributed by atoms with Crippen LogP contribution in [-0.2, 0) is 14.3 Å². The minimum absolute atomic E-state index is 0.00498. The fourth-order valence-corrected chi connectivity index (χ4v) is 6.61. The van der Waals surface area contributed by atoms with Gasteiger partial charge in [0.1, 0.15) is 5.75 Å². The Hall–Kier alpha value is -2.89. The number of allylic oxidation sites excluding steroid dienone is 2. The highest BCUT2D eigenvalue weighted by Crippen LogP contribution is 2.50. The van der Waals surface area contributed by atoms with Gasteiger partial charge in [0.15, 0.2) is 0 Å². The lowest BCUT2D eigenvalue weighted by Gasteiger charge is -2.31. The standard InChI is InChI=1S/C31H34ClNO4/c1-3-14-33-30(35)24-16-19(4-2)28-25(29(24)31(33)36)18-37-27(28)13-11-21(20-8-6-5-7-9-20)15-22-10-12-23(34)17-26(22)32/h5-10,12,15,17,24-25,27,29,34H,3-4,11,13-14,16,18H2,1-2H3/b21-15-/t24-,25+,27-,29-/m1/s1. The molecule has 194 valence electrons. The smallest absolute Gasteiger partial charge is 0.233 e. The van der Waals surface area contributed by atoms with E-state index in [4.69, 9.17) is 16.3 Å². The molecule has 1 N–H and O–H groups in total. The highest BCUT2D eigenvalue weighted by atomic mass is 35.5. The molecule has 2 fully saturated rings. The van der Waals surface area contributed by atoms with Gasteiger partial charge in [0.05, 0.1) is 29.6 Å². The Labute approximate surface area is 223 Å². The molecular weight excluding hydrogens is 486 g/mol. The van der Waals surface area contributed by atoms with Gasteiger partial charge in [0.25, 0.3) is 0 Å². The van der Waals surface area contributed by atoms with Crippen molar-refractivity contribution >= 4 is 35.1 Å². The van der Waals surface area contributed by atoms with Crippen molar-refractivity contribution in [3.8, 4) is 5.75 Å². The summed E-state index contributed by atoms with van der Waals surface area (Å²) in [6, 6.07) is 15.2. The van der Waals surface area contributed by atoms with Crippen LogP contribution in [-0.4, -0.2) is 41.1 Å². The van der Waals surface area contributed by atoms with Crippen molar-refractivity contribution in [2.45, 2.75) is 52.1 Å². The lowest BCUT2D eigenvalue weighted by molar-refractivity contribution is -0.140. The molecule has 0 saturated carbocycles.